The molecule has 3 rings (SSSR count). The fraction of sp³-hybridized carbons (Fsp3) is 0.407. The summed E-state index contributed by atoms with van der Waals surface area (Å²) in [7, 11) is 0. The van der Waals surface area contributed by atoms with Crippen molar-refractivity contribution in [1.29, 1.82) is 0 Å². The van der Waals surface area contributed by atoms with Crippen molar-refractivity contribution in [3.63, 3.8) is 0 Å². The van der Waals surface area contributed by atoms with Crippen LogP contribution < -0.4 is 21.7 Å². The molecule has 2 heterocycles. The third-order valence-corrected chi connectivity index (χ3v) is 7.21. The number of thioether (sulfide) groups is 1. The number of carboxylic acid groups (broad SMARTS) is 2. The van der Waals surface area contributed by atoms with Crippen LogP contribution in [0, 0.1) is 0 Å². The first-order valence-corrected chi connectivity index (χ1v) is 14.6. The number of nitrogens with zero attached hydrogens (tertiary/aromatic N) is 1. The third-order valence-electron chi connectivity index (χ3n) is 6.57. The lowest BCUT2D eigenvalue weighted by Crippen LogP contribution is -2.58. The second kappa shape index (κ2) is 15.6. The van der Waals surface area contributed by atoms with E-state index in [1.54, 1.807) is 12.5 Å². The Balaban J connectivity index is 1.73. The number of hydrogen-bond donors (Lipinski definition) is 8. The Bertz CT molecular complexity index is 1380. The first kappa shape index (κ1) is 32.1. The normalized spacial score (nSPS) is 14.0. The number of carbonyl (C=O) groups excluding carboxylic acids is 3. The minimum atomic E-state index is -1.45. The third kappa shape index (κ3) is 9.34. The molecule has 3 aromatic rings. The highest BCUT2D eigenvalue weighted by Crippen LogP contribution is 2.19. The number of nitrogens with one attached hydrogen (secondary N) is 5. The lowest BCUT2D eigenvalue weighted by molar-refractivity contribution is -0.143. The van der Waals surface area contributed by atoms with E-state index in [0.717, 1.165) is 16.5 Å². The van der Waals surface area contributed by atoms with E-state index in [0.29, 0.717) is 11.4 Å². The minimum Gasteiger partial charge on any atom is -0.481 e. The van der Waals surface area contributed by atoms with Gasteiger partial charge in [0.1, 0.15) is 18.1 Å². The van der Waals surface area contributed by atoms with Gasteiger partial charge in [-0.05, 0) is 42.9 Å². The summed E-state index contributed by atoms with van der Waals surface area (Å²) in [6.45, 7) is 0. The second-order valence-corrected chi connectivity index (χ2v) is 10.7. The molecule has 226 valence electrons. The molecule has 0 saturated heterocycles. The molecular formula is C27H35N7O7S. The van der Waals surface area contributed by atoms with Crippen LogP contribution in [0.4, 0.5) is 0 Å². The monoisotopic (exact) mass is 601 g/mol. The van der Waals surface area contributed by atoms with Crippen molar-refractivity contribution in [2.24, 2.45) is 5.73 Å². The molecule has 0 fully saturated rings. The molecular weight excluding hydrogens is 566 g/mol. The van der Waals surface area contributed by atoms with Crippen LogP contribution in [-0.4, -0.2) is 91.0 Å². The summed E-state index contributed by atoms with van der Waals surface area (Å²) in [4.78, 5) is 72.1. The number of H-pyrrole nitrogens is 2. The van der Waals surface area contributed by atoms with Crippen molar-refractivity contribution in [3.05, 3.63) is 54.2 Å². The molecule has 15 heteroatoms. The number of carbonyl (C=O) groups is 5. The van der Waals surface area contributed by atoms with Gasteiger partial charge in [0.05, 0.1) is 12.4 Å². The smallest absolute Gasteiger partial charge is 0.326 e. The molecule has 42 heavy (non-hydrogen) atoms. The van der Waals surface area contributed by atoms with Gasteiger partial charge in [-0.2, -0.15) is 11.8 Å². The molecule has 3 amide bonds. The Morgan fingerprint density at radius 1 is 0.929 bits per heavy atom. The summed E-state index contributed by atoms with van der Waals surface area (Å²) in [6.07, 6.45) is 6.10. The average molecular weight is 602 g/mol. The number of aromatic nitrogens is 3. The maximum atomic E-state index is 13.4. The molecule has 0 aliphatic heterocycles. The van der Waals surface area contributed by atoms with Crippen LogP contribution in [0.3, 0.4) is 0 Å². The van der Waals surface area contributed by atoms with Crippen LogP contribution in [0.1, 0.15) is 30.5 Å². The summed E-state index contributed by atoms with van der Waals surface area (Å²) in [6, 6.07) is 2.87. The van der Waals surface area contributed by atoms with Gasteiger partial charge in [0, 0.05) is 41.8 Å². The maximum Gasteiger partial charge on any atom is 0.326 e. The Hall–Kier alpha value is -4.37. The van der Waals surface area contributed by atoms with Gasteiger partial charge < -0.3 is 41.9 Å². The standard InChI is InChI=1S/C27H35N7O7S/c1-42-9-8-20(25(38)33-21(27(40)41)6-7-23(35)36)32-26(39)22(11-16-13-29-14-31-16)34-24(37)18(28)10-15-12-30-19-5-3-2-4-17(15)19/h2-5,12-14,18,20-22,30H,6-11,28H2,1H3,(H,29,31)(H,32,39)(H,33,38)(H,34,37)(H,35,36)(H,40,41). The SMILES string of the molecule is CSCCC(NC(=O)C(Cc1cnc[nH]1)NC(=O)C(N)Cc1c[nH]c2ccccc12)C(=O)NC(CCC(=O)O)C(=O)O. The molecule has 0 aliphatic carbocycles. The van der Waals surface area contributed by atoms with Crippen molar-refractivity contribution in [2.75, 3.05) is 12.0 Å². The lowest BCUT2D eigenvalue weighted by atomic mass is 10.0. The predicted octanol–water partition coefficient (Wildman–Crippen LogP) is 0.160. The largest absolute Gasteiger partial charge is 0.481 e. The quantitative estimate of drug-likeness (QED) is 0.104. The highest BCUT2D eigenvalue weighted by atomic mass is 32.2. The van der Waals surface area contributed by atoms with Gasteiger partial charge >= 0.3 is 11.9 Å². The minimum absolute atomic E-state index is 0.0185. The lowest BCUT2D eigenvalue weighted by Gasteiger charge is -2.25. The van der Waals surface area contributed by atoms with Gasteiger partial charge in [-0.1, -0.05) is 18.2 Å². The zero-order valence-electron chi connectivity index (χ0n) is 23.0. The van der Waals surface area contributed by atoms with Crippen LogP contribution in [0.25, 0.3) is 10.9 Å². The number of hydrogen-bond acceptors (Lipinski definition) is 8. The number of benzene rings is 1. The maximum absolute atomic E-state index is 13.4. The molecule has 9 N–H and O–H groups in total. The zero-order chi connectivity index (χ0) is 30.6. The average Bonchev–Trinajstić information content (AvgIpc) is 3.62. The number of carboxylic acids is 2. The molecule has 0 bridgehead atoms. The summed E-state index contributed by atoms with van der Waals surface area (Å²) >= 11 is 1.42. The molecule has 4 atom stereocenters. The number of aliphatic carboxylic acids is 2. The van der Waals surface area contributed by atoms with E-state index < -0.39 is 60.2 Å². The van der Waals surface area contributed by atoms with Gasteiger partial charge in [0.25, 0.3) is 0 Å². The molecule has 14 nitrogen and oxygen atoms in total. The Morgan fingerprint density at radius 3 is 2.29 bits per heavy atom. The first-order valence-electron chi connectivity index (χ1n) is 13.2. The number of aromatic amines is 2. The van der Waals surface area contributed by atoms with Gasteiger partial charge in [-0.25, -0.2) is 9.78 Å². The first-order chi connectivity index (χ1) is 20.1. The van der Waals surface area contributed by atoms with E-state index in [1.807, 2.05) is 24.3 Å². The van der Waals surface area contributed by atoms with Crippen molar-refractivity contribution in [1.82, 2.24) is 30.9 Å². The van der Waals surface area contributed by atoms with Gasteiger partial charge in [0.15, 0.2) is 0 Å². The van der Waals surface area contributed by atoms with E-state index in [2.05, 4.69) is 30.9 Å². The number of nitrogens with two attached hydrogens (primary N) is 1. The van der Waals surface area contributed by atoms with E-state index in [-0.39, 0.29) is 25.7 Å². The number of fused-ring (bicyclic) bond motifs is 1. The topological polar surface area (TPSA) is 232 Å². The predicted molar refractivity (Wildman–Crippen MR) is 156 cm³/mol. The molecule has 1 aromatic carbocycles. The molecule has 0 radical (unpaired) electrons. The van der Waals surface area contributed by atoms with Gasteiger partial charge in [-0.15, -0.1) is 0 Å². The summed E-state index contributed by atoms with van der Waals surface area (Å²) in [5, 5.41) is 26.9. The zero-order valence-corrected chi connectivity index (χ0v) is 23.8. The Morgan fingerprint density at radius 2 is 1.62 bits per heavy atom. The summed E-state index contributed by atoms with van der Waals surface area (Å²) in [5.41, 5.74) is 8.52. The van der Waals surface area contributed by atoms with Crippen LogP contribution >= 0.6 is 11.8 Å². The number of amides is 3. The Labute approximate surface area is 245 Å². The summed E-state index contributed by atoms with van der Waals surface area (Å²) in [5.74, 6) is -4.19. The van der Waals surface area contributed by atoms with E-state index in [9.17, 15) is 29.1 Å². The van der Waals surface area contributed by atoms with Crippen LogP contribution in [0.5, 0.6) is 0 Å². The van der Waals surface area contributed by atoms with E-state index in [4.69, 9.17) is 10.8 Å². The van der Waals surface area contributed by atoms with Crippen LogP contribution in [-0.2, 0) is 36.8 Å². The molecule has 4 unspecified atom stereocenters. The van der Waals surface area contributed by atoms with Crippen molar-refractivity contribution < 1.29 is 34.2 Å². The van der Waals surface area contributed by atoms with Gasteiger partial charge in [-0.3, -0.25) is 19.2 Å². The summed E-state index contributed by atoms with van der Waals surface area (Å²) < 4.78 is 0. The fourth-order valence-corrected chi connectivity index (χ4v) is 4.78. The van der Waals surface area contributed by atoms with E-state index in [1.165, 1.54) is 24.3 Å². The van der Waals surface area contributed by atoms with Gasteiger partial charge in [0.2, 0.25) is 17.7 Å². The molecule has 0 aliphatic rings. The second-order valence-electron chi connectivity index (χ2n) is 9.69. The molecule has 0 spiro atoms. The van der Waals surface area contributed by atoms with Crippen molar-refractivity contribution >= 4 is 52.3 Å². The van der Waals surface area contributed by atoms with Crippen LogP contribution in [0.15, 0.2) is 43.0 Å². The van der Waals surface area contributed by atoms with Crippen LogP contribution in [0.2, 0.25) is 0 Å². The molecule has 0 saturated carbocycles. The van der Waals surface area contributed by atoms with Crippen molar-refractivity contribution in [3.8, 4) is 0 Å². The van der Waals surface area contributed by atoms with E-state index >= 15 is 0 Å². The Kier molecular flexibility index (Phi) is 11.9. The molecule has 2 aromatic heterocycles. The highest BCUT2D eigenvalue weighted by molar-refractivity contribution is 7.98. The highest BCUT2D eigenvalue weighted by Gasteiger charge is 2.31. The number of imidazole rings is 1. The number of para-hydroxylation sites is 1. The van der Waals surface area contributed by atoms with Crippen molar-refractivity contribution in [2.45, 2.75) is 56.3 Å². The fourth-order valence-electron chi connectivity index (χ4n) is 4.31. The number of rotatable bonds is 17.